The molecule has 22 heavy (non-hydrogen) atoms. The number of hydrogen-bond donors (Lipinski definition) is 2. The van der Waals surface area contributed by atoms with E-state index in [9.17, 15) is 9.59 Å². The standard InChI is InChI=1S/C16H16N2O3S/c1-2-21-16(20)18-17-15(19)13-9-11-8-7-10-5-3-4-6-12(10)14(11)22-13/h3-6,9H,2,7-8H2,1H3,(H,17,19)(H,18,20). The normalized spacial score (nSPS) is 12.0. The zero-order valence-electron chi connectivity index (χ0n) is 12.1. The Labute approximate surface area is 132 Å². The van der Waals surface area contributed by atoms with Gasteiger partial charge in [0, 0.05) is 4.88 Å². The molecule has 1 aliphatic rings. The lowest BCUT2D eigenvalue weighted by molar-refractivity contribution is 0.0916. The van der Waals surface area contributed by atoms with E-state index in [1.54, 1.807) is 6.92 Å². The largest absolute Gasteiger partial charge is 0.449 e. The van der Waals surface area contributed by atoms with E-state index in [1.807, 2.05) is 18.2 Å². The minimum absolute atomic E-state index is 0.256. The van der Waals surface area contributed by atoms with Crippen LogP contribution in [0.15, 0.2) is 30.3 Å². The highest BCUT2D eigenvalue weighted by Crippen LogP contribution is 2.39. The molecule has 1 aromatic heterocycles. The maximum absolute atomic E-state index is 12.1. The van der Waals surface area contributed by atoms with Crippen molar-refractivity contribution in [3.63, 3.8) is 0 Å². The number of rotatable bonds is 2. The van der Waals surface area contributed by atoms with Crippen LogP contribution in [0, 0.1) is 0 Å². The Balaban J connectivity index is 1.77. The first-order valence-corrected chi connectivity index (χ1v) is 7.94. The number of amides is 2. The van der Waals surface area contributed by atoms with Crippen LogP contribution in [0.4, 0.5) is 4.79 Å². The molecule has 0 saturated heterocycles. The van der Waals surface area contributed by atoms with Gasteiger partial charge in [-0.3, -0.25) is 10.2 Å². The first-order valence-electron chi connectivity index (χ1n) is 7.13. The number of carbonyl (C=O) groups excluding carboxylic acids is 2. The van der Waals surface area contributed by atoms with Gasteiger partial charge in [-0.1, -0.05) is 24.3 Å². The second kappa shape index (κ2) is 6.19. The van der Waals surface area contributed by atoms with E-state index in [1.165, 1.54) is 28.0 Å². The molecule has 3 rings (SSSR count). The smallest absolute Gasteiger partial charge is 0.426 e. The topological polar surface area (TPSA) is 67.4 Å². The fraction of sp³-hybridized carbons (Fsp3) is 0.250. The van der Waals surface area contributed by atoms with E-state index in [2.05, 4.69) is 23.0 Å². The molecular formula is C16H16N2O3S. The molecule has 0 radical (unpaired) electrons. The molecule has 6 heteroatoms. The first-order chi connectivity index (χ1) is 10.7. The Hall–Kier alpha value is -2.34. The summed E-state index contributed by atoms with van der Waals surface area (Å²) in [6, 6.07) is 10.2. The van der Waals surface area contributed by atoms with Crippen LogP contribution in [-0.2, 0) is 17.6 Å². The van der Waals surface area contributed by atoms with Crippen molar-refractivity contribution in [2.24, 2.45) is 0 Å². The van der Waals surface area contributed by atoms with Crippen LogP contribution in [0.2, 0.25) is 0 Å². The molecule has 0 aliphatic heterocycles. The summed E-state index contributed by atoms with van der Waals surface area (Å²) in [7, 11) is 0. The maximum Gasteiger partial charge on any atom is 0.426 e. The summed E-state index contributed by atoms with van der Waals surface area (Å²) in [6.07, 6.45) is 1.26. The van der Waals surface area contributed by atoms with E-state index in [0.717, 1.165) is 17.7 Å². The molecule has 2 amide bonds. The predicted octanol–water partition coefficient (Wildman–Crippen LogP) is 2.90. The second-order valence-corrected chi connectivity index (χ2v) is 5.97. The Bertz CT molecular complexity index is 724. The number of hydrazine groups is 1. The highest BCUT2D eigenvalue weighted by atomic mass is 32.1. The molecule has 0 atom stereocenters. The van der Waals surface area contributed by atoms with Crippen molar-refractivity contribution in [3.8, 4) is 10.4 Å². The summed E-state index contributed by atoms with van der Waals surface area (Å²) in [5, 5.41) is 0. The van der Waals surface area contributed by atoms with Gasteiger partial charge in [0.15, 0.2) is 0 Å². The van der Waals surface area contributed by atoms with E-state index in [4.69, 9.17) is 4.74 Å². The average molecular weight is 316 g/mol. The highest BCUT2D eigenvalue weighted by Gasteiger charge is 2.21. The van der Waals surface area contributed by atoms with Crippen LogP contribution in [0.25, 0.3) is 10.4 Å². The van der Waals surface area contributed by atoms with E-state index in [0.29, 0.717) is 4.88 Å². The van der Waals surface area contributed by atoms with Gasteiger partial charge in [0.25, 0.3) is 5.91 Å². The first kappa shape index (κ1) is 14.6. The predicted molar refractivity (Wildman–Crippen MR) is 84.8 cm³/mol. The van der Waals surface area contributed by atoms with Gasteiger partial charge in [-0.05, 0) is 42.5 Å². The summed E-state index contributed by atoms with van der Waals surface area (Å²) in [5.41, 5.74) is 8.29. The van der Waals surface area contributed by atoms with Gasteiger partial charge in [-0.25, -0.2) is 10.2 Å². The van der Waals surface area contributed by atoms with Crippen LogP contribution in [-0.4, -0.2) is 18.6 Å². The van der Waals surface area contributed by atoms with Gasteiger partial charge >= 0.3 is 6.09 Å². The summed E-state index contributed by atoms with van der Waals surface area (Å²) < 4.78 is 4.69. The number of benzene rings is 1. The molecule has 0 spiro atoms. The van der Waals surface area contributed by atoms with E-state index >= 15 is 0 Å². The third kappa shape index (κ3) is 2.82. The summed E-state index contributed by atoms with van der Waals surface area (Å²) in [4.78, 5) is 25.0. The fourth-order valence-corrected chi connectivity index (χ4v) is 3.69. The second-order valence-electron chi connectivity index (χ2n) is 4.92. The summed E-state index contributed by atoms with van der Waals surface area (Å²) in [6.45, 7) is 1.96. The van der Waals surface area contributed by atoms with Gasteiger partial charge in [0.1, 0.15) is 0 Å². The van der Waals surface area contributed by atoms with Crippen LogP contribution in [0.1, 0.15) is 27.7 Å². The average Bonchev–Trinajstić information content (AvgIpc) is 2.97. The van der Waals surface area contributed by atoms with Crippen molar-refractivity contribution >= 4 is 23.3 Å². The number of thiophene rings is 1. The fourth-order valence-electron chi connectivity index (χ4n) is 2.52. The van der Waals surface area contributed by atoms with Gasteiger partial charge in [-0.2, -0.15) is 0 Å². The number of ether oxygens (including phenoxy) is 1. The summed E-state index contributed by atoms with van der Waals surface area (Å²) >= 11 is 1.45. The molecule has 2 N–H and O–H groups in total. The van der Waals surface area contributed by atoms with Crippen LogP contribution < -0.4 is 10.9 Å². The number of aryl methyl sites for hydroxylation is 2. The molecule has 1 aromatic carbocycles. The minimum atomic E-state index is -0.664. The molecule has 0 fully saturated rings. The minimum Gasteiger partial charge on any atom is -0.449 e. The number of carbonyl (C=O) groups is 2. The van der Waals surface area contributed by atoms with Gasteiger partial charge < -0.3 is 4.74 Å². The zero-order valence-corrected chi connectivity index (χ0v) is 13.0. The SMILES string of the molecule is CCOC(=O)NNC(=O)c1cc2c(s1)-c1ccccc1CC2. The quantitative estimate of drug-likeness (QED) is 0.837. The third-order valence-electron chi connectivity index (χ3n) is 3.51. The van der Waals surface area contributed by atoms with Crippen molar-refractivity contribution in [3.05, 3.63) is 46.3 Å². The van der Waals surface area contributed by atoms with Gasteiger partial charge in [-0.15, -0.1) is 11.3 Å². The molecule has 0 saturated carbocycles. The molecule has 0 unspecified atom stereocenters. The van der Waals surface area contributed by atoms with Crippen molar-refractivity contribution in [2.45, 2.75) is 19.8 Å². The highest BCUT2D eigenvalue weighted by molar-refractivity contribution is 7.17. The van der Waals surface area contributed by atoms with Gasteiger partial charge in [0.2, 0.25) is 0 Å². The van der Waals surface area contributed by atoms with Crippen LogP contribution >= 0.6 is 11.3 Å². The van der Waals surface area contributed by atoms with Crippen molar-refractivity contribution in [2.75, 3.05) is 6.61 Å². The van der Waals surface area contributed by atoms with E-state index in [-0.39, 0.29) is 12.5 Å². The van der Waals surface area contributed by atoms with Gasteiger partial charge in [0.05, 0.1) is 11.5 Å². The Morgan fingerprint density at radius 1 is 1.18 bits per heavy atom. The van der Waals surface area contributed by atoms with Crippen molar-refractivity contribution < 1.29 is 14.3 Å². The Morgan fingerprint density at radius 3 is 2.77 bits per heavy atom. The van der Waals surface area contributed by atoms with Crippen molar-refractivity contribution in [1.82, 2.24) is 10.9 Å². The molecule has 1 heterocycles. The lowest BCUT2D eigenvalue weighted by atomic mass is 9.91. The lowest BCUT2D eigenvalue weighted by Gasteiger charge is -2.15. The molecule has 2 aromatic rings. The van der Waals surface area contributed by atoms with Crippen molar-refractivity contribution in [1.29, 1.82) is 0 Å². The van der Waals surface area contributed by atoms with Crippen LogP contribution in [0.3, 0.4) is 0 Å². The molecule has 1 aliphatic carbocycles. The zero-order chi connectivity index (χ0) is 15.5. The number of hydrogen-bond acceptors (Lipinski definition) is 4. The monoisotopic (exact) mass is 316 g/mol. The molecule has 114 valence electrons. The third-order valence-corrected chi connectivity index (χ3v) is 4.72. The Kier molecular flexibility index (Phi) is 4.11. The number of nitrogens with one attached hydrogen (secondary N) is 2. The molecule has 5 nitrogen and oxygen atoms in total. The van der Waals surface area contributed by atoms with E-state index < -0.39 is 6.09 Å². The maximum atomic E-state index is 12.1. The molecule has 0 bridgehead atoms. The lowest BCUT2D eigenvalue weighted by Crippen LogP contribution is -2.41. The van der Waals surface area contributed by atoms with Crippen LogP contribution in [0.5, 0.6) is 0 Å². The summed E-state index contributed by atoms with van der Waals surface area (Å²) in [5.74, 6) is -0.329. The Morgan fingerprint density at radius 2 is 1.95 bits per heavy atom. The number of fused-ring (bicyclic) bond motifs is 3. The molecular weight excluding hydrogens is 300 g/mol.